The smallest absolute Gasteiger partial charge is 0.0184 e. The van der Waals surface area contributed by atoms with Gasteiger partial charge in [-0.3, -0.25) is 4.90 Å². The van der Waals surface area contributed by atoms with Crippen molar-refractivity contribution < 1.29 is 0 Å². The van der Waals surface area contributed by atoms with Crippen molar-refractivity contribution in [3.63, 3.8) is 0 Å². The highest BCUT2D eigenvalue weighted by molar-refractivity contribution is 5.19. The van der Waals surface area contributed by atoms with Crippen molar-refractivity contribution in [3.8, 4) is 0 Å². The van der Waals surface area contributed by atoms with Crippen LogP contribution in [0.25, 0.3) is 0 Å². The van der Waals surface area contributed by atoms with Crippen LogP contribution in [0, 0.1) is 69.5 Å². The molecule has 0 heterocycles. The summed E-state index contributed by atoms with van der Waals surface area (Å²) in [5.41, 5.74) is 1.89. The molecule has 0 aromatic heterocycles. The van der Waals surface area contributed by atoms with Crippen molar-refractivity contribution in [1.29, 1.82) is 0 Å². The third-order valence-corrected chi connectivity index (χ3v) is 14.8. The summed E-state index contributed by atoms with van der Waals surface area (Å²) in [6.07, 6.45) is 23.9. The van der Waals surface area contributed by atoms with Crippen molar-refractivity contribution in [1.82, 2.24) is 4.90 Å². The minimum absolute atomic E-state index is 0.630. The zero-order chi connectivity index (χ0) is 22.6. The first-order valence-corrected chi connectivity index (χ1v) is 16.1. The fourth-order valence-electron chi connectivity index (χ4n) is 15.6. The highest BCUT2D eigenvalue weighted by Gasteiger charge is 2.67. The molecule has 0 spiro atoms. The molecule has 9 atom stereocenters. The first kappa shape index (κ1) is 21.0. The maximum atomic E-state index is 3.55. The van der Waals surface area contributed by atoms with Crippen LogP contribution in [0.1, 0.15) is 117 Å². The second-order valence-corrected chi connectivity index (χ2v) is 17.6. The molecule has 1 heteroatoms. The molecular weight excluding hydrogens is 410 g/mol. The summed E-state index contributed by atoms with van der Waals surface area (Å²) in [4.78, 5) is 3.55. The number of rotatable bonds is 3. The van der Waals surface area contributed by atoms with Crippen LogP contribution in [-0.2, 0) is 0 Å². The van der Waals surface area contributed by atoms with Crippen LogP contribution >= 0.6 is 0 Å². The maximum Gasteiger partial charge on any atom is 0.0184 e. The zero-order valence-electron chi connectivity index (χ0n) is 22.5. The normalized spacial score (nSPS) is 66.7. The molecule has 12 rings (SSSR count). The topological polar surface area (TPSA) is 3.24 Å². The lowest BCUT2D eigenvalue weighted by molar-refractivity contribution is -0.239. The van der Waals surface area contributed by atoms with Gasteiger partial charge < -0.3 is 0 Å². The zero-order valence-corrected chi connectivity index (χ0v) is 22.5. The van der Waals surface area contributed by atoms with Crippen LogP contribution in [0.3, 0.4) is 0 Å². The van der Waals surface area contributed by atoms with Crippen molar-refractivity contribution in [2.75, 3.05) is 0 Å². The third-order valence-electron chi connectivity index (χ3n) is 14.8. The molecule has 12 bridgehead atoms. The molecule has 0 aromatic rings. The SMILES string of the molecule is CC12CC3CC(CC(C3)C1N(C1C3CC4CC(C3)CC1(C)C4)C1C3CC4CC(C3)CC1(C)C4)C2. The summed E-state index contributed by atoms with van der Waals surface area (Å²) >= 11 is 0. The number of hydrogen-bond acceptors (Lipinski definition) is 1. The minimum Gasteiger partial charge on any atom is -0.292 e. The first-order chi connectivity index (χ1) is 16.3. The average molecular weight is 462 g/mol. The Balaban J connectivity index is 1.19. The molecule has 0 saturated heterocycles. The van der Waals surface area contributed by atoms with E-state index < -0.39 is 0 Å². The quantitative estimate of drug-likeness (QED) is 0.412. The van der Waals surface area contributed by atoms with Gasteiger partial charge in [-0.05, 0) is 166 Å². The van der Waals surface area contributed by atoms with Crippen molar-refractivity contribution >= 4 is 0 Å². The molecule has 9 unspecified atom stereocenters. The molecule has 0 amide bonds. The highest BCUT2D eigenvalue weighted by atomic mass is 15.3. The molecule has 34 heavy (non-hydrogen) atoms. The molecule has 0 aromatic carbocycles. The predicted octanol–water partition coefficient (Wildman–Crippen LogP) is 7.93. The standard InChI is InChI=1S/C33H51N/c1-31-13-19-4-20(14-31)8-25(7-19)28(31)34(29-26-9-21-5-22(10-26)16-32(29,2)15-21)30-27-11-23-6-24(12-27)18-33(30,3)17-23/h19-30H,4-18H2,1-3H3. The molecule has 12 fully saturated rings. The Kier molecular flexibility index (Phi) is 4.01. The largest absolute Gasteiger partial charge is 0.292 e. The Morgan fingerprint density at radius 3 is 0.824 bits per heavy atom. The van der Waals surface area contributed by atoms with Crippen molar-refractivity contribution in [3.05, 3.63) is 0 Å². The van der Waals surface area contributed by atoms with Gasteiger partial charge >= 0.3 is 0 Å². The second-order valence-electron chi connectivity index (χ2n) is 17.6. The molecule has 0 N–H and O–H groups in total. The van der Waals surface area contributed by atoms with E-state index in [0.717, 1.165) is 71.4 Å². The van der Waals surface area contributed by atoms with E-state index in [1.807, 2.05) is 0 Å². The van der Waals surface area contributed by atoms with Crippen LogP contribution < -0.4 is 0 Å². The molecule has 0 radical (unpaired) electrons. The number of hydrogen-bond donors (Lipinski definition) is 0. The van der Waals surface area contributed by atoms with E-state index in [4.69, 9.17) is 0 Å². The third kappa shape index (κ3) is 2.63. The average Bonchev–Trinajstić information content (AvgIpc) is 2.69. The van der Waals surface area contributed by atoms with Crippen LogP contribution in [-0.4, -0.2) is 23.0 Å². The van der Waals surface area contributed by atoms with Gasteiger partial charge in [0.05, 0.1) is 0 Å². The highest BCUT2D eigenvalue weighted by Crippen LogP contribution is 2.70. The van der Waals surface area contributed by atoms with Gasteiger partial charge in [0.2, 0.25) is 0 Å². The van der Waals surface area contributed by atoms with Gasteiger partial charge in [0.1, 0.15) is 0 Å². The van der Waals surface area contributed by atoms with E-state index >= 15 is 0 Å². The maximum absolute atomic E-state index is 3.55. The van der Waals surface area contributed by atoms with E-state index in [1.54, 1.807) is 96.3 Å². The van der Waals surface area contributed by atoms with Gasteiger partial charge in [-0.1, -0.05) is 20.8 Å². The summed E-state index contributed by atoms with van der Waals surface area (Å²) in [5, 5.41) is 0. The Morgan fingerprint density at radius 2 is 0.618 bits per heavy atom. The van der Waals surface area contributed by atoms with E-state index in [2.05, 4.69) is 25.7 Å². The van der Waals surface area contributed by atoms with Gasteiger partial charge in [0, 0.05) is 18.1 Å². The van der Waals surface area contributed by atoms with Crippen LogP contribution in [0.4, 0.5) is 0 Å². The Morgan fingerprint density at radius 1 is 0.382 bits per heavy atom. The second kappa shape index (κ2) is 6.50. The first-order valence-electron chi connectivity index (χ1n) is 16.1. The lowest BCUT2D eigenvalue weighted by Gasteiger charge is -2.73. The summed E-state index contributed by atoms with van der Waals surface area (Å²) in [5.74, 6) is 9.64. The van der Waals surface area contributed by atoms with E-state index in [1.165, 1.54) is 0 Å². The Bertz CT molecular complexity index is 733. The number of nitrogens with zero attached hydrogens (tertiary/aromatic N) is 1. The molecule has 1 nitrogen and oxygen atoms in total. The minimum atomic E-state index is 0.630. The van der Waals surface area contributed by atoms with Gasteiger partial charge in [-0.25, -0.2) is 0 Å². The van der Waals surface area contributed by atoms with Crippen molar-refractivity contribution in [2.24, 2.45) is 69.5 Å². The molecular formula is C33H51N. The predicted molar refractivity (Wildman–Crippen MR) is 138 cm³/mol. The van der Waals surface area contributed by atoms with Crippen LogP contribution in [0.2, 0.25) is 0 Å². The summed E-state index contributed by atoms with van der Waals surface area (Å²) in [6, 6.07) is 2.79. The fourth-order valence-corrected chi connectivity index (χ4v) is 15.6. The van der Waals surface area contributed by atoms with E-state index in [9.17, 15) is 0 Å². The molecule has 12 aliphatic carbocycles. The van der Waals surface area contributed by atoms with Crippen molar-refractivity contribution in [2.45, 2.75) is 135 Å². The molecule has 12 saturated carbocycles. The van der Waals surface area contributed by atoms with Gasteiger partial charge in [-0.2, -0.15) is 0 Å². The molecule has 0 aliphatic heterocycles. The van der Waals surface area contributed by atoms with Gasteiger partial charge in [0.25, 0.3) is 0 Å². The lowest BCUT2D eigenvalue weighted by Crippen LogP contribution is -2.75. The molecule has 188 valence electrons. The van der Waals surface area contributed by atoms with Crippen LogP contribution in [0.5, 0.6) is 0 Å². The summed E-state index contributed by atoms with van der Waals surface area (Å²) in [7, 11) is 0. The summed E-state index contributed by atoms with van der Waals surface area (Å²) in [6.45, 7) is 8.48. The van der Waals surface area contributed by atoms with Gasteiger partial charge in [-0.15, -0.1) is 0 Å². The molecule has 12 aliphatic rings. The summed E-state index contributed by atoms with van der Waals surface area (Å²) < 4.78 is 0. The van der Waals surface area contributed by atoms with E-state index in [0.29, 0.717) is 16.2 Å². The lowest BCUT2D eigenvalue weighted by atomic mass is 9.42. The van der Waals surface area contributed by atoms with Gasteiger partial charge in [0.15, 0.2) is 0 Å². The Hall–Kier alpha value is -0.0400. The monoisotopic (exact) mass is 461 g/mol. The van der Waals surface area contributed by atoms with Crippen LogP contribution in [0.15, 0.2) is 0 Å². The van der Waals surface area contributed by atoms with E-state index in [-0.39, 0.29) is 0 Å². The fraction of sp³-hybridized carbons (Fsp3) is 1.00. The Labute approximate surface area is 209 Å².